The number of nitrogens with zero attached hydrogens (tertiary/aromatic N) is 2. The van der Waals surface area contributed by atoms with Gasteiger partial charge in [0.1, 0.15) is 0 Å². The van der Waals surface area contributed by atoms with Crippen LogP contribution in [-0.4, -0.2) is 24.0 Å². The Morgan fingerprint density at radius 1 is 1.67 bits per heavy atom. The van der Waals surface area contributed by atoms with Crippen molar-refractivity contribution in [2.75, 3.05) is 13.1 Å². The van der Waals surface area contributed by atoms with Crippen molar-refractivity contribution in [2.45, 2.75) is 39.0 Å². The molecule has 1 aromatic heterocycles. The number of aryl methyl sites for hydroxylation is 1. The third-order valence-electron chi connectivity index (χ3n) is 3.39. The number of aromatic nitrogens is 1. The Bertz CT molecular complexity index is 409. The molecule has 5 heteroatoms. The molecule has 1 aliphatic rings. The highest BCUT2D eigenvalue weighted by molar-refractivity contribution is 7.09. The normalized spacial score (nSPS) is 18.4. The number of hydrogen-bond acceptors (Lipinski definition) is 3. The maximum atomic E-state index is 5.85. The quantitative estimate of drug-likeness (QED) is 0.635. The zero-order chi connectivity index (χ0) is 13.0. The molecular weight excluding hydrogens is 244 g/mol. The molecule has 1 aromatic rings. The first-order chi connectivity index (χ1) is 8.65. The van der Waals surface area contributed by atoms with Crippen molar-refractivity contribution < 1.29 is 0 Å². The van der Waals surface area contributed by atoms with E-state index in [-0.39, 0.29) is 0 Å². The monoisotopic (exact) mass is 266 g/mol. The van der Waals surface area contributed by atoms with E-state index in [4.69, 9.17) is 5.73 Å². The van der Waals surface area contributed by atoms with Gasteiger partial charge in [0.25, 0.3) is 0 Å². The largest absolute Gasteiger partial charge is 0.370 e. The van der Waals surface area contributed by atoms with Crippen molar-refractivity contribution in [3.8, 4) is 0 Å². The number of aliphatic imine (C=N–C) groups is 1. The lowest BCUT2D eigenvalue weighted by atomic mass is 9.85. The van der Waals surface area contributed by atoms with Gasteiger partial charge in [-0.1, -0.05) is 13.3 Å². The Morgan fingerprint density at radius 2 is 2.44 bits per heavy atom. The van der Waals surface area contributed by atoms with Gasteiger partial charge in [-0.15, -0.1) is 11.3 Å². The molecule has 4 nitrogen and oxygen atoms in total. The van der Waals surface area contributed by atoms with E-state index in [1.807, 2.05) is 6.92 Å². The van der Waals surface area contributed by atoms with Crippen molar-refractivity contribution in [3.05, 3.63) is 16.1 Å². The molecule has 0 spiro atoms. The molecule has 1 saturated carbocycles. The zero-order valence-electron chi connectivity index (χ0n) is 11.1. The summed E-state index contributed by atoms with van der Waals surface area (Å²) < 4.78 is 0. The fraction of sp³-hybridized carbons (Fsp3) is 0.692. The molecule has 0 aliphatic heterocycles. The fourth-order valence-corrected chi connectivity index (χ4v) is 2.76. The molecule has 3 N–H and O–H groups in total. The van der Waals surface area contributed by atoms with Crippen LogP contribution < -0.4 is 11.1 Å². The summed E-state index contributed by atoms with van der Waals surface area (Å²) in [5.74, 6) is 1.72. The number of thiazole rings is 1. The smallest absolute Gasteiger partial charge is 0.188 e. The molecule has 0 amide bonds. The van der Waals surface area contributed by atoms with Crippen LogP contribution in [0.15, 0.2) is 10.4 Å². The van der Waals surface area contributed by atoms with Gasteiger partial charge in [-0.2, -0.15) is 0 Å². The van der Waals surface area contributed by atoms with Gasteiger partial charge >= 0.3 is 0 Å². The zero-order valence-corrected chi connectivity index (χ0v) is 12.0. The molecule has 1 heterocycles. The van der Waals surface area contributed by atoms with Gasteiger partial charge in [0.15, 0.2) is 5.96 Å². The number of hydrogen-bond donors (Lipinski definition) is 2. The first-order valence-corrected chi connectivity index (χ1v) is 7.49. The van der Waals surface area contributed by atoms with E-state index in [1.165, 1.54) is 19.3 Å². The minimum Gasteiger partial charge on any atom is -0.370 e. The molecule has 0 saturated heterocycles. The highest BCUT2D eigenvalue weighted by atomic mass is 32.1. The molecule has 100 valence electrons. The molecule has 18 heavy (non-hydrogen) atoms. The molecular formula is C13H22N4S. The lowest BCUT2D eigenvalue weighted by Crippen LogP contribution is -2.37. The topological polar surface area (TPSA) is 63.3 Å². The summed E-state index contributed by atoms with van der Waals surface area (Å²) in [7, 11) is 0. The molecule has 1 atom stereocenters. The molecule has 0 bridgehead atoms. The summed E-state index contributed by atoms with van der Waals surface area (Å²) in [6.07, 6.45) is 4.02. The Kier molecular flexibility index (Phi) is 4.58. The lowest BCUT2D eigenvalue weighted by molar-refractivity contribution is 0.315. The Hall–Kier alpha value is -1.10. The SMILES string of the molecule is Cc1csc(C(C)CN=C(N)NCC2CCC2)n1. The molecule has 1 aliphatic carbocycles. The van der Waals surface area contributed by atoms with Gasteiger partial charge in [0.2, 0.25) is 0 Å². The van der Waals surface area contributed by atoms with Crippen LogP contribution in [0.2, 0.25) is 0 Å². The summed E-state index contributed by atoms with van der Waals surface area (Å²) >= 11 is 1.70. The van der Waals surface area contributed by atoms with E-state index >= 15 is 0 Å². The Labute approximate surface area is 113 Å². The molecule has 1 fully saturated rings. The maximum Gasteiger partial charge on any atom is 0.188 e. The number of rotatable bonds is 5. The minimum absolute atomic E-state index is 0.341. The van der Waals surface area contributed by atoms with Crippen LogP contribution >= 0.6 is 11.3 Å². The second kappa shape index (κ2) is 6.18. The van der Waals surface area contributed by atoms with Crippen molar-refractivity contribution in [3.63, 3.8) is 0 Å². The van der Waals surface area contributed by atoms with Crippen LogP contribution in [0.4, 0.5) is 0 Å². The van der Waals surface area contributed by atoms with Crippen molar-refractivity contribution in [1.29, 1.82) is 0 Å². The highest BCUT2D eigenvalue weighted by Crippen LogP contribution is 2.25. The van der Waals surface area contributed by atoms with Crippen molar-refractivity contribution in [2.24, 2.45) is 16.6 Å². The Balaban J connectivity index is 1.74. The van der Waals surface area contributed by atoms with Crippen LogP contribution in [0.25, 0.3) is 0 Å². The van der Waals surface area contributed by atoms with Gasteiger partial charge < -0.3 is 11.1 Å². The van der Waals surface area contributed by atoms with Crippen LogP contribution in [0.3, 0.4) is 0 Å². The van der Waals surface area contributed by atoms with Gasteiger partial charge in [-0.3, -0.25) is 4.99 Å². The van der Waals surface area contributed by atoms with E-state index in [0.717, 1.165) is 23.2 Å². The summed E-state index contributed by atoms with van der Waals surface area (Å²) in [5, 5.41) is 6.43. The van der Waals surface area contributed by atoms with Gasteiger partial charge in [-0.25, -0.2) is 4.98 Å². The number of nitrogens with one attached hydrogen (secondary N) is 1. The van der Waals surface area contributed by atoms with Crippen molar-refractivity contribution >= 4 is 17.3 Å². The molecule has 2 rings (SSSR count). The maximum absolute atomic E-state index is 5.85. The average molecular weight is 266 g/mol. The van der Waals surface area contributed by atoms with Gasteiger partial charge in [0.05, 0.1) is 11.6 Å². The third kappa shape index (κ3) is 3.70. The van der Waals surface area contributed by atoms with Crippen LogP contribution in [0.1, 0.15) is 42.8 Å². The molecule has 0 radical (unpaired) electrons. The number of guanidine groups is 1. The predicted molar refractivity (Wildman–Crippen MR) is 77.1 cm³/mol. The van der Waals surface area contributed by atoms with E-state index in [0.29, 0.717) is 18.4 Å². The summed E-state index contributed by atoms with van der Waals surface area (Å²) in [5.41, 5.74) is 6.94. The Morgan fingerprint density at radius 3 is 3.00 bits per heavy atom. The summed E-state index contributed by atoms with van der Waals surface area (Å²) in [6, 6.07) is 0. The average Bonchev–Trinajstić information content (AvgIpc) is 2.70. The fourth-order valence-electron chi connectivity index (χ4n) is 1.91. The lowest BCUT2D eigenvalue weighted by Gasteiger charge is -2.25. The summed E-state index contributed by atoms with van der Waals surface area (Å²) in [4.78, 5) is 8.86. The van der Waals surface area contributed by atoms with Crippen LogP contribution in [0, 0.1) is 12.8 Å². The van der Waals surface area contributed by atoms with Crippen LogP contribution in [-0.2, 0) is 0 Å². The van der Waals surface area contributed by atoms with E-state index < -0.39 is 0 Å². The number of nitrogens with two attached hydrogens (primary N) is 1. The third-order valence-corrected chi connectivity index (χ3v) is 4.58. The van der Waals surface area contributed by atoms with Gasteiger partial charge in [0, 0.05) is 23.5 Å². The molecule has 1 unspecified atom stereocenters. The van der Waals surface area contributed by atoms with E-state index in [1.54, 1.807) is 11.3 Å². The van der Waals surface area contributed by atoms with Crippen molar-refractivity contribution in [1.82, 2.24) is 10.3 Å². The standard InChI is InChI=1S/C13H22N4S/c1-9(12-17-10(2)8-18-12)6-15-13(14)16-7-11-4-3-5-11/h8-9,11H,3-7H2,1-2H3,(H3,14,15,16). The highest BCUT2D eigenvalue weighted by Gasteiger charge is 2.16. The van der Waals surface area contributed by atoms with Gasteiger partial charge in [-0.05, 0) is 25.7 Å². The second-order valence-corrected chi connectivity index (χ2v) is 6.02. The van der Waals surface area contributed by atoms with E-state index in [2.05, 4.69) is 27.6 Å². The second-order valence-electron chi connectivity index (χ2n) is 5.13. The first-order valence-electron chi connectivity index (χ1n) is 6.61. The van der Waals surface area contributed by atoms with E-state index in [9.17, 15) is 0 Å². The summed E-state index contributed by atoms with van der Waals surface area (Å²) in [6.45, 7) is 5.84. The van der Waals surface area contributed by atoms with Crippen LogP contribution in [0.5, 0.6) is 0 Å². The molecule has 0 aromatic carbocycles. The minimum atomic E-state index is 0.341. The first kappa shape index (κ1) is 13.3. The predicted octanol–water partition coefficient (Wildman–Crippen LogP) is 2.26.